The monoisotopic (exact) mass is 907 g/mol. The van der Waals surface area contributed by atoms with E-state index < -0.39 is 19.8 Å². The molecule has 297 valence electrons. The maximum absolute atomic E-state index is 6.61. The predicted octanol–water partition coefficient (Wildman–Crippen LogP) is 14.6. The van der Waals surface area contributed by atoms with Crippen molar-refractivity contribution >= 4 is 57.4 Å². The molecular formula is C55H52Cl3Zr. The number of benzene rings is 7. The average Bonchev–Trinajstić information content (AvgIpc) is 3.88. The van der Waals surface area contributed by atoms with E-state index in [1.165, 1.54) is 75.2 Å². The zero-order valence-corrected chi connectivity index (χ0v) is 39.6. The molecule has 4 heteroatoms. The van der Waals surface area contributed by atoms with Gasteiger partial charge in [0.15, 0.2) is 0 Å². The molecule has 7 aromatic carbocycles. The molecule has 7 aromatic rings. The van der Waals surface area contributed by atoms with Gasteiger partial charge in [0, 0.05) is 0 Å². The number of halogens is 3. The van der Waals surface area contributed by atoms with Crippen molar-refractivity contribution in [2.24, 2.45) is 0 Å². The average molecular weight is 911 g/mol. The van der Waals surface area contributed by atoms with Crippen LogP contribution in [0.2, 0.25) is 5.02 Å². The molecule has 0 N–H and O–H groups in total. The van der Waals surface area contributed by atoms with Gasteiger partial charge < -0.3 is 0 Å². The Kier molecular flexibility index (Phi) is 12.2. The fraction of sp³-hybridized carbons (Fsp3) is 0.182. The Morgan fingerprint density at radius 2 is 1.20 bits per heavy atom. The molecule has 0 amide bonds. The van der Waals surface area contributed by atoms with Gasteiger partial charge in [0.25, 0.3) is 0 Å². The number of hydrogen-bond acceptors (Lipinski definition) is 0. The van der Waals surface area contributed by atoms with Crippen molar-refractivity contribution in [1.29, 1.82) is 0 Å². The second kappa shape index (κ2) is 16.8. The van der Waals surface area contributed by atoms with Gasteiger partial charge in [-0.25, -0.2) is 0 Å². The largest absolute Gasteiger partial charge is 0.147 e. The summed E-state index contributed by atoms with van der Waals surface area (Å²) in [5.74, 6) is 0. The Balaban J connectivity index is 0.00000264. The summed E-state index contributed by atoms with van der Waals surface area (Å²) in [5, 5.41) is 3.42. The third kappa shape index (κ3) is 7.75. The zero-order valence-electron chi connectivity index (χ0n) is 34.8. The van der Waals surface area contributed by atoms with Gasteiger partial charge >= 0.3 is 351 Å². The van der Waals surface area contributed by atoms with Crippen LogP contribution in [0.15, 0.2) is 167 Å². The molecule has 0 fully saturated rings. The van der Waals surface area contributed by atoms with E-state index in [0.29, 0.717) is 0 Å². The van der Waals surface area contributed by atoms with Crippen LogP contribution in [0.25, 0.3) is 44.2 Å². The summed E-state index contributed by atoms with van der Waals surface area (Å²) in [6, 6.07) is 54.9. The summed E-state index contributed by atoms with van der Waals surface area (Å²) in [4.78, 5) is 0. The fourth-order valence-electron chi connectivity index (χ4n) is 9.62. The van der Waals surface area contributed by atoms with Crippen LogP contribution >= 0.6 is 36.4 Å². The van der Waals surface area contributed by atoms with E-state index in [1.54, 1.807) is 6.55 Å². The van der Waals surface area contributed by atoms with Crippen molar-refractivity contribution in [3.8, 4) is 33.4 Å². The molecule has 1 atom stereocenters. The number of hydrogen-bond donors (Lipinski definition) is 0. The molecule has 0 heterocycles. The van der Waals surface area contributed by atoms with E-state index in [4.69, 9.17) is 11.6 Å². The second-order valence-corrected chi connectivity index (χ2v) is 27.3. The van der Waals surface area contributed by atoms with Crippen LogP contribution in [0.5, 0.6) is 0 Å². The Hall–Kier alpha value is -4.10. The summed E-state index contributed by atoms with van der Waals surface area (Å²) < 4.78 is 7.46. The van der Waals surface area contributed by atoms with Gasteiger partial charge in [0.1, 0.15) is 0 Å². The quantitative estimate of drug-likeness (QED) is 0.156. The topological polar surface area (TPSA) is 0 Å². The molecule has 0 saturated heterocycles. The standard InChI is InChI=1S/C33H33.C10H7.C7H5Cl.C5H5.2ClH.Zr/c1-32(2,3)30-20-26-24(18-28(30)22-13-9-7-10-14-22)17-25-19-29(23-15-11-8-12-16-23)31(21-27(25)26)33(4,5)6;1-2-6-10-8-4-3-7-9(10)5-1;1-6-2-4-7(8)5-3-6;1-2-4-5-3-1;;;/h7-16,18,20-21H,17H2,1-6H3;1-7H;1-5H;1-3H,4H2;2*1H;. The fourth-order valence-corrected chi connectivity index (χ4v) is 22.8. The molecule has 0 radical (unpaired) electrons. The van der Waals surface area contributed by atoms with E-state index in [2.05, 4.69) is 209 Å². The van der Waals surface area contributed by atoms with E-state index in [0.717, 1.165) is 17.9 Å². The van der Waals surface area contributed by atoms with E-state index in [9.17, 15) is 0 Å². The number of rotatable bonds is 6. The summed E-state index contributed by atoms with van der Waals surface area (Å²) >= 11 is 2.30. The van der Waals surface area contributed by atoms with Gasteiger partial charge in [-0.15, -0.1) is 24.8 Å². The van der Waals surface area contributed by atoms with Crippen molar-refractivity contribution in [2.75, 3.05) is 0 Å². The number of allylic oxidation sites excluding steroid dienone is 4. The van der Waals surface area contributed by atoms with Crippen LogP contribution in [-0.4, -0.2) is 3.71 Å². The Morgan fingerprint density at radius 3 is 1.85 bits per heavy atom. The van der Waals surface area contributed by atoms with Crippen molar-refractivity contribution in [2.45, 2.75) is 65.2 Å². The van der Waals surface area contributed by atoms with Gasteiger partial charge in [0.2, 0.25) is 0 Å². The van der Waals surface area contributed by atoms with Crippen LogP contribution in [-0.2, 0) is 37.0 Å². The maximum Gasteiger partial charge on any atom is -0.147 e. The first-order chi connectivity index (χ1) is 27.4. The Morgan fingerprint density at radius 1 is 0.593 bits per heavy atom. The summed E-state index contributed by atoms with van der Waals surface area (Å²) in [7, 11) is 0. The molecule has 9 rings (SSSR count). The third-order valence-electron chi connectivity index (χ3n) is 12.2. The molecule has 0 spiro atoms. The zero-order chi connectivity index (χ0) is 39.5. The van der Waals surface area contributed by atoms with Gasteiger partial charge in [-0.3, -0.25) is 0 Å². The number of fused-ring (bicyclic) bond motifs is 4. The van der Waals surface area contributed by atoms with Gasteiger partial charge in [-0.05, 0) is 0 Å². The molecule has 0 saturated carbocycles. The van der Waals surface area contributed by atoms with E-state index >= 15 is 0 Å². The SMILES string of the molecule is CC(C)(C)c1cc2c(cc1-c1ccccc1)Cc1c-2cc(C(C)(C)C)c(-c2ccccc2)[c]1[Zr](=[CH]c1ccc(Cl)cc1)([C]1=CC=CC1)[c]1cccc2ccccc12.Cl.Cl. The summed E-state index contributed by atoms with van der Waals surface area (Å²) in [5.41, 5.74) is 14.9. The van der Waals surface area contributed by atoms with E-state index in [-0.39, 0.29) is 35.6 Å². The van der Waals surface area contributed by atoms with Crippen LogP contribution in [0.1, 0.15) is 75.8 Å². The molecule has 0 bridgehead atoms. The molecule has 2 aliphatic carbocycles. The van der Waals surface area contributed by atoms with Crippen molar-refractivity contribution < 1.29 is 19.8 Å². The first-order valence-electron chi connectivity index (χ1n) is 20.4. The summed E-state index contributed by atoms with van der Waals surface area (Å²) in [6.07, 6.45) is 9.03. The summed E-state index contributed by atoms with van der Waals surface area (Å²) in [6.45, 7) is 14.3. The molecule has 0 nitrogen and oxygen atoms in total. The van der Waals surface area contributed by atoms with Gasteiger partial charge in [-0.1, -0.05) is 0 Å². The predicted molar refractivity (Wildman–Crippen MR) is 259 cm³/mol. The van der Waals surface area contributed by atoms with Gasteiger partial charge in [-0.2, -0.15) is 0 Å². The third-order valence-corrected chi connectivity index (χ3v) is 24.2. The molecule has 0 aliphatic heterocycles. The normalized spacial score (nSPS) is 14.1. The minimum atomic E-state index is -4.31. The molecule has 59 heavy (non-hydrogen) atoms. The minimum Gasteiger partial charge on any atom is -0.147 e. The first-order valence-corrected chi connectivity index (χ1v) is 25.9. The van der Waals surface area contributed by atoms with Crippen LogP contribution < -0.4 is 6.54 Å². The Labute approximate surface area is 372 Å². The van der Waals surface area contributed by atoms with Crippen molar-refractivity contribution in [3.05, 3.63) is 200 Å². The minimum absolute atomic E-state index is 0. The second-order valence-electron chi connectivity index (χ2n) is 18.0. The van der Waals surface area contributed by atoms with Crippen LogP contribution in [0.4, 0.5) is 0 Å². The molecule has 0 aromatic heterocycles. The van der Waals surface area contributed by atoms with E-state index in [1.807, 2.05) is 0 Å². The van der Waals surface area contributed by atoms with Gasteiger partial charge in [0.05, 0.1) is 0 Å². The van der Waals surface area contributed by atoms with Crippen molar-refractivity contribution in [1.82, 2.24) is 0 Å². The van der Waals surface area contributed by atoms with Crippen LogP contribution in [0, 0.1) is 0 Å². The maximum atomic E-state index is 6.61. The molecule has 1 unspecified atom stereocenters. The molecular weight excluding hydrogens is 858 g/mol. The first kappa shape index (κ1) is 43.0. The Bertz CT molecular complexity index is 2790. The smallest absolute Gasteiger partial charge is 0.147 e. The van der Waals surface area contributed by atoms with Crippen LogP contribution in [0.3, 0.4) is 0 Å². The molecule has 2 aliphatic rings. The van der Waals surface area contributed by atoms with Crippen molar-refractivity contribution in [3.63, 3.8) is 0 Å².